The highest BCUT2D eigenvalue weighted by atomic mass is 19.2. The van der Waals surface area contributed by atoms with Gasteiger partial charge in [-0.3, -0.25) is 0 Å². The van der Waals surface area contributed by atoms with Crippen molar-refractivity contribution in [1.82, 2.24) is 5.32 Å². The number of benzene rings is 1. The van der Waals surface area contributed by atoms with Crippen LogP contribution in [0.1, 0.15) is 27.2 Å². The maximum absolute atomic E-state index is 13.2. The molecule has 0 radical (unpaired) electrons. The zero-order valence-corrected chi connectivity index (χ0v) is 12.5. The summed E-state index contributed by atoms with van der Waals surface area (Å²) < 4.78 is 31.4. The molecule has 116 valence electrons. The van der Waals surface area contributed by atoms with Gasteiger partial charge in [0, 0.05) is 24.8 Å². The van der Waals surface area contributed by atoms with Gasteiger partial charge in [0.05, 0.1) is 6.04 Å². The van der Waals surface area contributed by atoms with Gasteiger partial charge >= 0.3 is 6.09 Å². The van der Waals surface area contributed by atoms with E-state index in [0.717, 1.165) is 12.5 Å². The number of ether oxygens (including phenoxy) is 1. The second-order valence-electron chi connectivity index (χ2n) is 6.18. The van der Waals surface area contributed by atoms with Crippen LogP contribution in [0.2, 0.25) is 0 Å². The Bertz CT molecular complexity index is 529. The van der Waals surface area contributed by atoms with Crippen LogP contribution in [-0.4, -0.2) is 30.8 Å². The predicted octanol–water partition coefficient (Wildman–Crippen LogP) is 3.07. The van der Waals surface area contributed by atoms with Crippen molar-refractivity contribution in [2.75, 3.05) is 18.0 Å². The van der Waals surface area contributed by atoms with Crippen molar-refractivity contribution in [2.45, 2.75) is 38.8 Å². The summed E-state index contributed by atoms with van der Waals surface area (Å²) in [6.07, 6.45) is 0.276. The van der Waals surface area contributed by atoms with Gasteiger partial charge in [-0.15, -0.1) is 0 Å². The van der Waals surface area contributed by atoms with Crippen LogP contribution in [-0.2, 0) is 4.74 Å². The number of carbonyl (C=O) groups is 1. The maximum atomic E-state index is 13.2. The molecule has 1 heterocycles. The van der Waals surface area contributed by atoms with Gasteiger partial charge in [0.1, 0.15) is 5.60 Å². The van der Waals surface area contributed by atoms with E-state index in [9.17, 15) is 13.6 Å². The first kappa shape index (κ1) is 15.5. The summed E-state index contributed by atoms with van der Waals surface area (Å²) in [5.41, 5.74) is 0.0741. The fourth-order valence-electron chi connectivity index (χ4n) is 2.27. The molecular weight excluding hydrogens is 278 g/mol. The van der Waals surface area contributed by atoms with E-state index in [1.165, 1.54) is 12.1 Å². The van der Waals surface area contributed by atoms with Crippen LogP contribution < -0.4 is 10.2 Å². The maximum Gasteiger partial charge on any atom is 0.407 e. The van der Waals surface area contributed by atoms with Crippen molar-refractivity contribution in [3.05, 3.63) is 29.8 Å². The summed E-state index contributed by atoms with van der Waals surface area (Å²) in [4.78, 5) is 13.6. The fourth-order valence-corrected chi connectivity index (χ4v) is 2.27. The summed E-state index contributed by atoms with van der Waals surface area (Å²) in [6, 6.07) is 3.76. The van der Waals surface area contributed by atoms with E-state index in [-0.39, 0.29) is 6.04 Å². The molecule has 1 atom stereocenters. The lowest BCUT2D eigenvalue weighted by Crippen LogP contribution is -2.40. The van der Waals surface area contributed by atoms with Gasteiger partial charge in [-0.2, -0.15) is 0 Å². The summed E-state index contributed by atoms with van der Waals surface area (Å²) in [6.45, 7) is 6.62. The van der Waals surface area contributed by atoms with Gasteiger partial charge in [0.25, 0.3) is 0 Å². The first-order valence-electron chi connectivity index (χ1n) is 6.94. The quantitative estimate of drug-likeness (QED) is 0.912. The van der Waals surface area contributed by atoms with Crippen molar-refractivity contribution < 1.29 is 18.3 Å². The zero-order valence-electron chi connectivity index (χ0n) is 12.5. The summed E-state index contributed by atoms with van der Waals surface area (Å²) >= 11 is 0. The molecule has 0 saturated carbocycles. The third-order valence-electron chi connectivity index (χ3n) is 3.18. The molecule has 1 saturated heterocycles. The largest absolute Gasteiger partial charge is 0.444 e. The second-order valence-corrected chi connectivity index (χ2v) is 6.18. The van der Waals surface area contributed by atoms with Crippen LogP contribution in [0, 0.1) is 11.6 Å². The van der Waals surface area contributed by atoms with E-state index in [0.29, 0.717) is 18.8 Å². The highest BCUT2D eigenvalue weighted by Crippen LogP contribution is 2.22. The number of nitrogens with one attached hydrogen (secondary N) is 1. The monoisotopic (exact) mass is 298 g/mol. The molecule has 1 aliphatic heterocycles. The number of anilines is 1. The van der Waals surface area contributed by atoms with Crippen molar-refractivity contribution in [2.24, 2.45) is 0 Å². The van der Waals surface area contributed by atoms with E-state index < -0.39 is 23.3 Å². The third-order valence-corrected chi connectivity index (χ3v) is 3.18. The van der Waals surface area contributed by atoms with Gasteiger partial charge in [-0.05, 0) is 39.3 Å². The van der Waals surface area contributed by atoms with E-state index >= 15 is 0 Å². The molecule has 21 heavy (non-hydrogen) atoms. The third kappa shape index (κ3) is 4.31. The number of halogens is 2. The summed E-state index contributed by atoms with van der Waals surface area (Å²) in [7, 11) is 0. The Kier molecular flexibility index (Phi) is 4.34. The molecule has 0 aromatic heterocycles. The lowest BCUT2D eigenvalue weighted by Gasteiger charge is -2.22. The highest BCUT2D eigenvalue weighted by Gasteiger charge is 2.26. The lowest BCUT2D eigenvalue weighted by atomic mass is 10.2. The molecule has 6 heteroatoms. The first-order chi connectivity index (χ1) is 9.74. The minimum Gasteiger partial charge on any atom is -0.444 e. The van der Waals surface area contributed by atoms with Crippen LogP contribution in [0.3, 0.4) is 0 Å². The number of alkyl carbamates (subject to hydrolysis) is 1. The van der Waals surface area contributed by atoms with Gasteiger partial charge in [-0.25, -0.2) is 13.6 Å². The van der Waals surface area contributed by atoms with Gasteiger partial charge < -0.3 is 15.0 Å². The van der Waals surface area contributed by atoms with E-state index in [1.54, 1.807) is 20.8 Å². The second kappa shape index (κ2) is 5.87. The average Bonchev–Trinajstić information content (AvgIpc) is 2.78. The van der Waals surface area contributed by atoms with Crippen LogP contribution >= 0.6 is 0 Å². The summed E-state index contributed by atoms with van der Waals surface area (Å²) in [5.74, 6) is -1.72. The van der Waals surface area contributed by atoms with E-state index in [4.69, 9.17) is 4.74 Å². The molecule has 0 spiro atoms. The molecule has 1 aromatic carbocycles. The summed E-state index contributed by atoms with van der Waals surface area (Å²) in [5, 5.41) is 2.79. The normalized spacial score (nSPS) is 18.7. The number of rotatable bonds is 2. The molecule has 1 amide bonds. The smallest absolute Gasteiger partial charge is 0.407 e. The van der Waals surface area contributed by atoms with Gasteiger partial charge in [0.2, 0.25) is 0 Å². The minimum atomic E-state index is -0.865. The Morgan fingerprint density at radius 2 is 2.05 bits per heavy atom. The minimum absolute atomic E-state index is 0.0621. The number of amides is 1. The van der Waals surface area contributed by atoms with Crippen LogP contribution in [0.4, 0.5) is 19.3 Å². The fraction of sp³-hybridized carbons (Fsp3) is 0.533. The molecule has 1 aliphatic rings. The van der Waals surface area contributed by atoms with Gasteiger partial charge in [-0.1, -0.05) is 0 Å². The zero-order chi connectivity index (χ0) is 15.6. The number of hydrogen-bond acceptors (Lipinski definition) is 3. The molecular formula is C15H20F2N2O2. The van der Waals surface area contributed by atoms with Crippen LogP contribution in [0.5, 0.6) is 0 Å². The Hall–Kier alpha value is -1.85. The molecule has 4 nitrogen and oxygen atoms in total. The standard InChI is InChI=1S/C15H20F2N2O2/c1-15(2,3)21-14(20)18-10-6-7-19(9-10)11-4-5-12(16)13(17)8-11/h4-5,8,10H,6-7,9H2,1-3H3,(H,18,20)/t10-/m1/s1. The molecule has 1 N–H and O–H groups in total. The van der Waals surface area contributed by atoms with Gasteiger partial charge in [0.15, 0.2) is 11.6 Å². The molecule has 0 unspecified atom stereocenters. The number of hydrogen-bond donors (Lipinski definition) is 1. The SMILES string of the molecule is CC(C)(C)OC(=O)N[C@@H]1CCN(c2ccc(F)c(F)c2)C1. The topological polar surface area (TPSA) is 41.6 Å². The lowest BCUT2D eigenvalue weighted by molar-refractivity contribution is 0.0509. The van der Waals surface area contributed by atoms with Crippen molar-refractivity contribution in [3.63, 3.8) is 0 Å². The molecule has 0 bridgehead atoms. The first-order valence-corrected chi connectivity index (χ1v) is 6.94. The Morgan fingerprint density at radius 3 is 2.67 bits per heavy atom. The molecule has 2 rings (SSSR count). The van der Waals surface area contributed by atoms with Crippen LogP contribution in [0.15, 0.2) is 18.2 Å². The Balaban J connectivity index is 1.91. The number of nitrogens with zero attached hydrogens (tertiary/aromatic N) is 1. The van der Waals surface area contributed by atoms with E-state index in [1.807, 2.05) is 4.90 Å². The van der Waals surface area contributed by atoms with Crippen molar-refractivity contribution >= 4 is 11.8 Å². The Labute approximate surface area is 123 Å². The highest BCUT2D eigenvalue weighted by molar-refractivity contribution is 5.68. The van der Waals surface area contributed by atoms with E-state index in [2.05, 4.69) is 5.32 Å². The molecule has 1 fully saturated rings. The average molecular weight is 298 g/mol. The van der Waals surface area contributed by atoms with Crippen molar-refractivity contribution in [3.8, 4) is 0 Å². The Morgan fingerprint density at radius 1 is 1.33 bits per heavy atom. The van der Waals surface area contributed by atoms with Crippen LogP contribution in [0.25, 0.3) is 0 Å². The number of carbonyl (C=O) groups excluding carboxylic acids is 1. The predicted molar refractivity (Wildman–Crippen MR) is 76.3 cm³/mol. The molecule has 1 aromatic rings. The van der Waals surface area contributed by atoms with Crippen molar-refractivity contribution in [1.29, 1.82) is 0 Å². The molecule has 0 aliphatic carbocycles.